The summed E-state index contributed by atoms with van der Waals surface area (Å²) in [4.78, 5) is 14.5. The SMILES string of the molecule is Cc1[nH]ccc1C(=O)N[C@H](C)CN.Cl. The van der Waals surface area contributed by atoms with E-state index in [0.717, 1.165) is 5.69 Å². The quantitative estimate of drug-likeness (QED) is 0.702. The number of aryl methyl sites for hydroxylation is 1. The molecule has 0 aliphatic rings. The van der Waals surface area contributed by atoms with Crippen LogP contribution in [0.5, 0.6) is 0 Å². The minimum atomic E-state index is -0.0725. The predicted molar refractivity (Wildman–Crippen MR) is 58.8 cm³/mol. The van der Waals surface area contributed by atoms with Crippen molar-refractivity contribution in [3.05, 3.63) is 23.5 Å². The zero-order valence-electron chi connectivity index (χ0n) is 8.33. The molecule has 0 aromatic carbocycles. The first-order valence-corrected chi connectivity index (χ1v) is 4.30. The first-order chi connectivity index (χ1) is 6.15. The molecule has 14 heavy (non-hydrogen) atoms. The van der Waals surface area contributed by atoms with Gasteiger partial charge < -0.3 is 16.0 Å². The molecule has 1 heterocycles. The number of nitrogens with one attached hydrogen (secondary N) is 2. The molecule has 0 fully saturated rings. The minimum absolute atomic E-state index is 0. The second kappa shape index (κ2) is 5.67. The van der Waals surface area contributed by atoms with Crippen molar-refractivity contribution in [2.75, 3.05) is 6.54 Å². The number of aromatic amines is 1. The predicted octanol–water partition coefficient (Wildman–Crippen LogP) is 0.822. The standard InChI is InChI=1S/C9H15N3O.ClH/c1-6(5-10)12-9(13)8-3-4-11-7(8)2;/h3-4,6,11H,5,10H2,1-2H3,(H,12,13);1H/t6-;/m1./s1. The molecule has 1 aromatic rings. The third-order valence-corrected chi connectivity index (χ3v) is 1.93. The molecule has 1 amide bonds. The molecule has 5 heteroatoms. The number of H-pyrrole nitrogens is 1. The number of halogens is 1. The van der Waals surface area contributed by atoms with Crippen LogP contribution in [0, 0.1) is 6.92 Å². The molecule has 1 atom stereocenters. The van der Waals surface area contributed by atoms with Crippen molar-refractivity contribution in [1.29, 1.82) is 0 Å². The number of rotatable bonds is 3. The lowest BCUT2D eigenvalue weighted by molar-refractivity contribution is 0.0941. The topological polar surface area (TPSA) is 70.9 Å². The fourth-order valence-corrected chi connectivity index (χ4v) is 1.06. The van der Waals surface area contributed by atoms with E-state index >= 15 is 0 Å². The molecule has 0 radical (unpaired) electrons. The summed E-state index contributed by atoms with van der Waals surface area (Å²) >= 11 is 0. The van der Waals surface area contributed by atoms with Crippen LogP contribution in [0.3, 0.4) is 0 Å². The summed E-state index contributed by atoms with van der Waals surface area (Å²) in [5.74, 6) is -0.0725. The summed E-state index contributed by atoms with van der Waals surface area (Å²) in [6.07, 6.45) is 1.75. The Hall–Kier alpha value is -1.00. The second-order valence-corrected chi connectivity index (χ2v) is 3.13. The Kier molecular flexibility index (Phi) is 5.27. The highest BCUT2D eigenvalue weighted by Crippen LogP contribution is 2.04. The second-order valence-electron chi connectivity index (χ2n) is 3.13. The van der Waals surface area contributed by atoms with Gasteiger partial charge in [-0.05, 0) is 19.9 Å². The summed E-state index contributed by atoms with van der Waals surface area (Å²) in [6, 6.07) is 1.77. The monoisotopic (exact) mass is 217 g/mol. The molecule has 4 nitrogen and oxygen atoms in total. The fourth-order valence-electron chi connectivity index (χ4n) is 1.06. The van der Waals surface area contributed by atoms with E-state index in [1.807, 2.05) is 13.8 Å². The van der Waals surface area contributed by atoms with Gasteiger partial charge in [0.05, 0.1) is 5.56 Å². The lowest BCUT2D eigenvalue weighted by atomic mass is 10.2. The number of amides is 1. The number of nitrogens with two attached hydrogens (primary N) is 1. The molecule has 0 unspecified atom stereocenters. The number of carbonyl (C=O) groups excluding carboxylic acids is 1. The summed E-state index contributed by atoms with van der Waals surface area (Å²) < 4.78 is 0. The van der Waals surface area contributed by atoms with Crippen LogP contribution in [0.4, 0.5) is 0 Å². The summed E-state index contributed by atoms with van der Waals surface area (Å²) in [6.45, 7) is 4.19. The number of hydrogen-bond donors (Lipinski definition) is 3. The number of aromatic nitrogens is 1. The fraction of sp³-hybridized carbons (Fsp3) is 0.444. The molecule has 0 saturated heterocycles. The molecule has 0 bridgehead atoms. The largest absolute Gasteiger partial charge is 0.365 e. The van der Waals surface area contributed by atoms with Crippen LogP contribution in [0.25, 0.3) is 0 Å². The molecule has 0 saturated carbocycles. The van der Waals surface area contributed by atoms with Crippen molar-refractivity contribution in [2.24, 2.45) is 5.73 Å². The van der Waals surface area contributed by atoms with Gasteiger partial charge in [-0.1, -0.05) is 0 Å². The van der Waals surface area contributed by atoms with E-state index in [2.05, 4.69) is 10.3 Å². The van der Waals surface area contributed by atoms with E-state index in [9.17, 15) is 4.79 Å². The van der Waals surface area contributed by atoms with Gasteiger partial charge in [-0.15, -0.1) is 12.4 Å². The van der Waals surface area contributed by atoms with Crippen molar-refractivity contribution in [3.8, 4) is 0 Å². The third kappa shape index (κ3) is 3.05. The molecule has 0 spiro atoms. The Bertz CT molecular complexity index is 298. The van der Waals surface area contributed by atoms with Gasteiger partial charge in [-0.25, -0.2) is 0 Å². The Labute approximate surface area is 89.7 Å². The van der Waals surface area contributed by atoms with Gasteiger partial charge in [0.25, 0.3) is 5.91 Å². The van der Waals surface area contributed by atoms with Gasteiger partial charge in [0.15, 0.2) is 0 Å². The molecular weight excluding hydrogens is 202 g/mol. The van der Waals surface area contributed by atoms with E-state index in [1.165, 1.54) is 0 Å². The third-order valence-electron chi connectivity index (χ3n) is 1.93. The molecule has 0 aliphatic carbocycles. The van der Waals surface area contributed by atoms with E-state index in [0.29, 0.717) is 12.1 Å². The van der Waals surface area contributed by atoms with Crippen LogP contribution in [0.15, 0.2) is 12.3 Å². The smallest absolute Gasteiger partial charge is 0.253 e. The molecule has 80 valence electrons. The summed E-state index contributed by atoms with van der Waals surface area (Å²) in [5, 5.41) is 2.79. The summed E-state index contributed by atoms with van der Waals surface area (Å²) in [7, 11) is 0. The maximum atomic E-state index is 11.5. The van der Waals surface area contributed by atoms with Gasteiger partial charge in [0, 0.05) is 24.5 Å². The zero-order valence-corrected chi connectivity index (χ0v) is 9.15. The van der Waals surface area contributed by atoms with Crippen LogP contribution in [-0.4, -0.2) is 23.5 Å². The van der Waals surface area contributed by atoms with Gasteiger partial charge in [-0.2, -0.15) is 0 Å². The van der Waals surface area contributed by atoms with Gasteiger partial charge >= 0.3 is 0 Å². The van der Waals surface area contributed by atoms with Gasteiger partial charge in [0.1, 0.15) is 0 Å². The average Bonchev–Trinajstić information content (AvgIpc) is 2.51. The normalized spacial score (nSPS) is 11.6. The first-order valence-electron chi connectivity index (χ1n) is 4.30. The lowest BCUT2D eigenvalue weighted by Crippen LogP contribution is -2.37. The van der Waals surface area contributed by atoms with Crippen molar-refractivity contribution in [2.45, 2.75) is 19.9 Å². The highest BCUT2D eigenvalue weighted by molar-refractivity contribution is 5.95. The molecular formula is C9H16ClN3O. The molecule has 0 aliphatic heterocycles. The van der Waals surface area contributed by atoms with Crippen molar-refractivity contribution in [3.63, 3.8) is 0 Å². The molecule has 1 aromatic heterocycles. The Morgan fingerprint density at radius 1 is 1.71 bits per heavy atom. The van der Waals surface area contributed by atoms with Crippen LogP contribution in [-0.2, 0) is 0 Å². The number of hydrogen-bond acceptors (Lipinski definition) is 2. The molecule has 1 rings (SSSR count). The average molecular weight is 218 g/mol. The highest BCUT2D eigenvalue weighted by atomic mass is 35.5. The van der Waals surface area contributed by atoms with Crippen molar-refractivity contribution in [1.82, 2.24) is 10.3 Å². The van der Waals surface area contributed by atoms with E-state index in [1.54, 1.807) is 12.3 Å². The minimum Gasteiger partial charge on any atom is -0.365 e. The van der Waals surface area contributed by atoms with Crippen LogP contribution >= 0.6 is 12.4 Å². The van der Waals surface area contributed by atoms with Gasteiger partial charge in [0.2, 0.25) is 0 Å². The van der Waals surface area contributed by atoms with Crippen molar-refractivity contribution >= 4 is 18.3 Å². The Morgan fingerprint density at radius 3 is 2.79 bits per heavy atom. The summed E-state index contributed by atoms with van der Waals surface area (Å²) in [5.41, 5.74) is 6.95. The van der Waals surface area contributed by atoms with E-state index < -0.39 is 0 Å². The van der Waals surface area contributed by atoms with Crippen LogP contribution < -0.4 is 11.1 Å². The van der Waals surface area contributed by atoms with E-state index in [4.69, 9.17) is 5.73 Å². The Morgan fingerprint density at radius 2 is 2.36 bits per heavy atom. The lowest BCUT2D eigenvalue weighted by Gasteiger charge is -2.10. The van der Waals surface area contributed by atoms with Crippen LogP contribution in [0.2, 0.25) is 0 Å². The molecule has 4 N–H and O–H groups in total. The number of carbonyl (C=O) groups is 1. The Balaban J connectivity index is 0.00000169. The first kappa shape index (κ1) is 13.0. The maximum Gasteiger partial charge on any atom is 0.253 e. The van der Waals surface area contributed by atoms with Crippen molar-refractivity contribution < 1.29 is 4.79 Å². The zero-order chi connectivity index (χ0) is 9.84. The van der Waals surface area contributed by atoms with E-state index in [-0.39, 0.29) is 24.4 Å². The van der Waals surface area contributed by atoms with Crippen LogP contribution in [0.1, 0.15) is 23.0 Å². The highest BCUT2D eigenvalue weighted by Gasteiger charge is 2.10. The van der Waals surface area contributed by atoms with Gasteiger partial charge in [-0.3, -0.25) is 4.79 Å². The maximum absolute atomic E-state index is 11.5.